The van der Waals surface area contributed by atoms with Gasteiger partial charge < -0.3 is 14.8 Å². The largest absolute Gasteiger partial charge is 0.354 e. The first kappa shape index (κ1) is 14.4. The Morgan fingerprint density at radius 1 is 1.35 bits per heavy atom. The van der Waals surface area contributed by atoms with Crippen molar-refractivity contribution in [3.8, 4) is 0 Å². The lowest BCUT2D eigenvalue weighted by Gasteiger charge is -2.24. The number of halogens is 2. The van der Waals surface area contributed by atoms with Crippen molar-refractivity contribution < 1.29 is 13.9 Å². The molecule has 1 aromatic rings. The molecule has 0 amide bonds. The van der Waals surface area contributed by atoms with Crippen molar-refractivity contribution in [3.63, 3.8) is 0 Å². The molecule has 0 radical (unpaired) electrons. The van der Waals surface area contributed by atoms with Gasteiger partial charge in [-0.1, -0.05) is 11.6 Å². The van der Waals surface area contributed by atoms with Gasteiger partial charge in [0.2, 0.25) is 0 Å². The SMILES string of the molecule is CNC(Cc1cc(Cl)ccc1F)C(OC)OC. The summed E-state index contributed by atoms with van der Waals surface area (Å²) in [5.74, 6) is -0.277. The van der Waals surface area contributed by atoms with Gasteiger partial charge in [0.25, 0.3) is 0 Å². The predicted molar refractivity (Wildman–Crippen MR) is 65.8 cm³/mol. The van der Waals surface area contributed by atoms with Crippen LogP contribution in [0.5, 0.6) is 0 Å². The van der Waals surface area contributed by atoms with Crippen molar-refractivity contribution in [3.05, 3.63) is 34.6 Å². The lowest BCUT2D eigenvalue weighted by Crippen LogP contribution is -2.41. The fourth-order valence-electron chi connectivity index (χ4n) is 1.70. The lowest BCUT2D eigenvalue weighted by molar-refractivity contribution is -0.121. The standard InChI is InChI=1S/C12H17ClFNO2/c1-15-11(12(16-2)17-3)7-8-6-9(13)4-5-10(8)14/h4-6,11-12,15H,7H2,1-3H3. The van der Waals surface area contributed by atoms with Gasteiger partial charge in [-0.2, -0.15) is 0 Å². The number of ether oxygens (including phenoxy) is 2. The summed E-state index contributed by atoms with van der Waals surface area (Å²) in [6.07, 6.45) is 0.00767. The van der Waals surface area contributed by atoms with Gasteiger partial charge in [0, 0.05) is 19.2 Å². The minimum atomic E-state index is -0.432. The molecule has 17 heavy (non-hydrogen) atoms. The Kier molecular flexibility index (Phi) is 5.85. The smallest absolute Gasteiger partial charge is 0.172 e. The van der Waals surface area contributed by atoms with E-state index in [0.717, 1.165) is 0 Å². The van der Waals surface area contributed by atoms with Gasteiger partial charge in [-0.25, -0.2) is 4.39 Å². The van der Waals surface area contributed by atoms with Crippen molar-refractivity contribution in [2.24, 2.45) is 0 Å². The van der Waals surface area contributed by atoms with Gasteiger partial charge in [0.05, 0.1) is 6.04 Å². The molecule has 3 nitrogen and oxygen atoms in total. The number of nitrogens with one attached hydrogen (secondary N) is 1. The number of hydrogen-bond acceptors (Lipinski definition) is 3. The quantitative estimate of drug-likeness (QED) is 0.797. The van der Waals surface area contributed by atoms with Crippen molar-refractivity contribution in [1.82, 2.24) is 5.32 Å². The first-order valence-electron chi connectivity index (χ1n) is 5.29. The van der Waals surface area contributed by atoms with Crippen LogP contribution in [0.3, 0.4) is 0 Å². The third-order valence-corrected chi connectivity index (χ3v) is 2.85. The molecule has 0 aromatic heterocycles. The minimum Gasteiger partial charge on any atom is -0.354 e. The molecule has 0 saturated heterocycles. The summed E-state index contributed by atoms with van der Waals surface area (Å²) in [7, 11) is 4.87. The van der Waals surface area contributed by atoms with Crippen molar-refractivity contribution in [2.75, 3.05) is 21.3 Å². The van der Waals surface area contributed by atoms with E-state index >= 15 is 0 Å². The predicted octanol–water partition coefficient (Wildman–Crippen LogP) is 2.23. The molecule has 0 aliphatic rings. The highest BCUT2D eigenvalue weighted by Gasteiger charge is 2.20. The van der Waals surface area contributed by atoms with Crippen LogP contribution in [0, 0.1) is 5.82 Å². The number of rotatable bonds is 6. The van der Waals surface area contributed by atoms with E-state index in [-0.39, 0.29) is 11.9 Å². The van der Waals surface area contributed by atoms with E-state index in [1.54, 1.807) is 27.3 Å². The highest BCUT2D eigenvalue weighted by atomic mass is 35.5. The highest BCUT2D eigenvalue weighted by molar-refractivity contribution is 6.30. The molecule has 0 saturated carbocycles. The average molecular weight is 262 g/mol. The highest BCUT2D eigenvalue weighted by Crippen LogP contribution is 2.17. The first-order valence-corrected chi connectivity index (χ1v) is 5.67. The third-order valence-electron chi connectivity index (χ3n) is 2.61. The second-order valence-corrected chi connectivity index (χ2v) is 4.11. The van der Waals surface area contributed by atoms with Gasteiger partial charge in [-0.05, 0) is 37.2 Å². The zero-order chi connectivity index (χ0) is 12.8. The van der Waals surface area contributed by atoms with Gasteiger partial charge >= 0.3 is 0 Å². The molecule has 0 aliphatic heterocycles. The van der Waals surface area contributed by atoms with E-state index in [1.165, 1.54) is 12.1 Å². The van der Waals surface area contributed by atoms with E-state index in [9.17, 15) is 4.39 Å². The molecular formula is C12H17ClFNO2. The Bertz CT molecular complexity index is 358. The van der Waals surface area contributed by atoms with Crippen molar-refractivity contribution in [2.45, 2.75) is 18.8 Å². The molecule has 96 valence electrons. The Balaban J connectivity index is 2.83. The average Bonchev–Trinajstić information content (AvgIpc) is 2.33. The fraction of sp³-hybridized carbons (Fsp3) is 0.500. The van der Waals surface area contributed by atoms with Gasteiger partial charge in [0.1, 0.15) is 5.82 Å². The number of benzene rings is 1. The summed E-state index contributed by atoms with van der Waals surface area (Å²) in [6.45, 7) is 0. The van der Waals surface area contributed by atoms with Crippen LogP contribution in [0.15, 0.2) is 18.2 Å². The van der Waals surface area contributed by atoms with Crippen LogP contribution in [0.4, 0.5) is 4.39 Å². The molecule has 5 heteroatoms. The molecule has 1 atom stereocenters. The number of hydrogen-bond donors (Lipinski definition) is 1. The summed E-state index contributed by atoms with van der Waals surface area (Å²) in [5, 5.41) is 3.56. The maximum absolute atomic E-state index is 13.6. The Labute approximate surface area is 106 Å². The van der Waals surface area contributed by atoms with Crippen molar-refractivity contribution >= 4 is 11.6 Å². The molecule has 0 bridgehead atoms. The summed E-state index contributed by atoms with van der Waals surface area (Å²) >= 11 is 5.84. The van der Waals surface area contributed by atoms with E-state index in [1.807, 2.05) is 0 Å². The number of likely N-dealkylation sites (N-methyl/N-ethyl adjacent to an activating group) is 1. The number of methoxy groups -OCH3 is 2. The molecule has 1 unspecified atom stereocenters. The molecule has 0 heterocycles. The fourth-order valence-corrected chi connectivity index (χ4v) is 1.89. The van der Waals surface area contributed by atoms with Gasteiger partial charge in [-0.15, -0.1) is 0 Å². The molecule has 1 rings (SSSR count). The second-order valence-electron chi connectivity index (χ2n) is 3.67. The Morgan fingerprint density at radius 2 is 2.00 bits per heavy atom. The second kappa shape index (κ2) is 6.91. The maximum atomic E-state index is 13.6. The van der Waals surface area contributed by atoms with Crippen LogP contribution < -0.4 is 5.32 Å². The van der Waals surface area contributed by atoms with Crippen molar-refractivity contribution in [1.29, 1.82) is 0 Å². The summed E-state index contributed by atoms with van der Waals surface area (Å²) in [6, 6.07) is 4.36. The molecule has 0 fully saturated rings. The van der Waals surface area contributed by atoms with Crippen LogP contribution in [0.2, 0.25) is 5.02 Å². The molecule has 0 spiro atoms. The van der Waals surface area contributed by atoms with Gasteiger partial charge in [0.15, 0.2) is 6.29 Å². The van der Waals surface area contributed by atoms with Crippen LogP contribution in [-0.2, 0) is 15.9 Å². The summed E-state index contributed by atoms with van der Waals surface area (Å²) < 4.78 is 23.9. The molecule has 1 N–H and O–H groups in total. The van der Waals surface area contributed by atoms with E-state index in [0.29, 0.717) is 17.0 Å². The van der Waals surface area contributed by atoms with Crippen LogP contribution >= 0.6 is 11.6 Å². The zero-order valence-electron chi connectivity index (χ0n) is 10.2. The zero-order valence-corrected chi connectivity index (χ0v) is 10.9. The van der Waals surface area contributed by atoms with E-state index < -0.39 is 6.29 Å². The Morgan fingerprint density at radius 3 is 2.53 bits per heavy atom. The third kappa shape index (κ3) is 3.92. The monoisotopic (exact) mass is 261 g/mol. The van der Waals surface area contributed by atoms with Crippen LogP contribution in [0.1, 0.15) is 5.56 Å². The van der Waals surface area contributed by atoms with E-state index in [2.05, 4.69) is 5.32 Å². The molecular weight excluding hydrogens is 245 g/mol. The summed E-state index contributed by atoms with van der Waals surface area (Å²) in [5.41, 5.74) is 0.538. The topological polar surface area (TPSA) is 30.5 Å². The maximum Gasteiger partial charge on any atom is 0.172 e. The van der Waals surface area contributed by atoms with Crippen LogP contribution in [-0.4, -0.2) is 33.6 Å². The molecule has 1 aromatic carbocycles. The lowest BCUT2D eigenvalue weighted by atomic mass is 10.0. The Hall–Kier alpha value is -0.680. The van der Waals surface area contributed by atoms with E-state index in [4.69, 9.17) is 21.1 Å². The van der Waals surface area contributed by atoms with Crippen LogP contribution in [0.25, 0.3) is 0 Å². The summed E-state index contributed by atoms with van der Waals surface area (Å²) in [4.78, 5) is 0. The first-order chi connectivity index (χ1) is 8.12. The normalized spacial score (nSPS) is 13.1. The van der Waals surface area contributed by atoms with Gasteiger partial charge in [-0.3, -0.25) is 0 Å². The molecule has 0 aliphatic carbocycles. The minimum absolute atomic E-state index is 0.141.